The predicted octanol–water partition coefficient (Wildman–Crippen LogP) is -2.38. The molecule has 11 heteroatoms. The fraction of sp³-hybridized carbons (Fsp3) is 1.00. The van der Waals surface area contributed by atoms with Crippen LogP contribution in [0.2, 0.25) is 0 Å². The van der Waals surface area contributed by atoms with Crippen molar-refractivity contribution in [3.63, 3.8) is 0 Å². The van der Waals surface area contributed by atoms with Crippen molar-refractivity contribution in [1.82, 2.24) is 0 Å². The van der Waals surface area contributed by atoms with Gasteiger partial charge in [-0.15, -0.1) is 4.94 Å². The smallest absolute Gasteiger partial charge is 0.743 e. The van der Waals surface area contributed by atoms with Gasteiger partial charge in [0.2, 0.25) is 0 Å². The van der Waals surface area contributed by atoms with Crippen LogP contribution in [0, 0.1) is 0 Å². The van der Waals surface area contributed by atoms with Gasteiger partial charge in [0.05, 0.1) is 0 Å². The van der Waals surface area contributed by atoms with E-state index in [1.807, 2.05) is 0 Å². The third kappa shape index (κ3) is 3.34. The van der Waals surface area contributed by atoms with Crippen molar-refractivity contribution in [2.24, 2.45) is 0 Å². The molecule has 74 valence electrons. The van der Waals surface area contributed by atoms with Crippen molar-refractivity contribution >= 4 is 10.1 Å². The van der Waals surface area contributed by atoms with Crippen molar-refractivity contribution in [2.75, 3.05) is 0 Å². The summed E-state index contributed by atoms with van der Waals surface area (Å²) >= 11 is 0. The molecule has 0 rings (SSSR count). The molecular formula is C2F5KO4S. The van der Waals surface area contributed by atoms with Crippen molar-refractivity contribution in [2.45, 2.75) is 11.4 Å². The fourth-order valence-electron chi connectivity index (χ4n) is 0.190. The zero-order valence-electron chi connectivity index (χ0n) is 5.93. The monoisotopic (exact) mass is 254 g/mol. The molecule has 0 aromatic carbocycles. The molecule has 0 spiro atoms. The van der Waals surface area contributed by atoms with Gasteiger partial charge in [-0.3, -0.25) is 0 Å². The maximum absolute atomic E-state index is 11.7. The Bertz CT molecular complexity index is 262. The number of hydrogen-bond acceptors (Lipinski definition) is 4. The molecule has 0 bridgehead atoms. The van der Waals surface area contributed by atoms with Crippen LogP contribution in [0.1, 0.15) is 0 Å². The quantitative estimate of drug-likeness (QED) is 0.320. The van der Waals surface area contributed by atoms with E-state index in [0.29, 0.717) is 0 Å². The molecule has 13 heavy (non-hydrogen) atoms. The first kappa shape index (κ1) is 16.6. The summed E-state index contributed by atoms with van der Waals surface area (Å²) in [6, 6.07) is 0. The number of halogens is 5. The van der Waals surface area contributed by atoms with E-state index < -0.39 is 21.5 Å². The van der Waals surface area contributed by atoms with Gasteiger partial charge in [0.1, 0.15) is 0 Å². The van der Waals surface area contributed by atoms with Gasteiger partial charge >= 0.3 is 62.7 Å². The normalized spacial score (nSPS) is 13.7. The van der Waals surface area contributed by atoms with E-state index in [1.54, 1.807) is 0 Å². The van der Waals surface area contributed by atoms with Gasteiger partial charge in [-0.05, 0) is 4.53 Å². The van der Waals surface area contributed by atoms with E-state index in [2.05, 4.69) is 0 Å². The molecule has 0 saturated heterocycles. The Morgan fingerprint density at radius 3 is 1.54 bits per heavy atom. The topological polar surface area (TPSA) is 66.4 Å². The molecule has 0 radical (unpaired) electrons. The zero-order chi connectivity index (χ0) is 10.2. The Morgan fingerprint density at radius 2 is 1.46 bits per heavy atom. The molecular weight excluding hydrogens is 254 g/mol. The van der Waals surface area contributed by atoms with Gasteiger partial charge in [-0.25, -0.2) is 8.42 Å². The summed E-state index contributed by atoms with van der Waals surface area (Å²) in [5.41, 5.74) is 0. The zero-order valence-corrected chi connectivity index (χ0v) is 9.87. The van der Waals surface area contributed by atoms with Crippen LogP contribution in [0.4, 0.5) is 22.1 Å². The predicted molar refractivity (Wildman–Crippen MR) is 21.8 cm³/mol. The minimum absolute atomic E-state index is 0. The molecule has 0 N–H and O–H groups in total. The van der Waals surface area contributed by atoms with Gasteiger partial charge in [0.25, 0.3) is 0 Å². The molecule has 0 aromatic heterocycles. The van der Waals surface area contributed by atoms with E-state index in [0.717, 1.165) is 0 Å². The molecule has 0 aliphatic carbocycles. The third-order valence-corrected chi connectivity index (χ3v) is 1.62. The van der Waals surface area contributed by atoms with Gasteiger partial charge < -0.3 is 4.55 Å². The van der Waals surface area contributed by atoms with E-state index in [9.17, 15) is 35.1 Å². The first-order chi connectivity index (χ1) is 5.06. The summed E-state index contributed by atoms with van der Waals surface area (Å²) in [6.07, 6.45) is -5.98. The van der Waals surface area contributed by atoms with Gasteiger partial charge in [-0.2, -0.15) is 17.6 Å². The molecule has 0 saturated carbocycles. The molecule has 0 amide bonds. The number of rotatable bonds is 3. The van der Waals surface area contributed by atoms with E-state index >= 15 is 0 Å². The van der Waals surface area contributed by atoms with Crippen molar-refractivity contribution < 1.29 is 91.4 Å². The minimum Gasteiger partial charge on any atom is -0.743 e. The van der Waals surface area contributed by atoms with Gasteiger partial charge in [0.15, 0.2) is 10.1 Å². The number of hydrogen-bond donors (Lipinski definition) is 0. The van der Waals surface area contributed by atoms with Gasteiger partial charge in [-0.1, -0.05) is 0 Å². The average molecular weight is 254 g/mol. The summed E-state index contributed by atoms with van der Waals surface area (Å²) in [6.45, 7) is 0. The standard InChI is InChI=1S/C2HF5O4S.K/c3-1(4,11-7)2(5,6)12(8,9)10;/h(H,8,9,10);/q;+1/p-1. The largest absolute Gasteiger partial charge is 1.00 e. The van der Waals surface area contributed by atoms with Crippen molar-refractivity contribution in [3.8, 4) is 0 Å². The SMILES string of the molecule is O=S(=O)([O-])C(F)(F)C(F)(F)OF.[K+]. The molecule has 0 aromatic rings. The van der Waals surface area contributed by atoms with E-state index in [1.165, 1.54) is 4.94 Å². The summed E-state index contributed by atoms with van der Waals surface area (Å²) in [5, 5.41) is -6.13. The van der Waals surface area contributed by atoms with Gasteiger partial charge in [0, 0.05) is 0 Å². The van der Waals surface area contributed by atoms with Crippen LogP contribution in [-0.4, -0.2) is 24.3 Å². The minimum atomic E-state index is -6.67. The van der Waals surface area contributed by atoms with Crippen LogP contribution in [0.15, 0.2) is 0 Å². The second kappa shape index (κ2) is 4.79. The second-order valence-corrected chi connectivity index (χ2v) is 2.99. The summed E-state index contributed by atoms with van der Waals surface area (Å²) in [7, 11) is -6.67. The summed E-state index contributed by atoms with van der Waals surface area (Å²) in [5.74, 6) is 0. The molecule has 0 fully saturated rings. The number of alkyl halides is 4. The molecule has 0 aliphatic rings. The first-order valence-electron chi connectivity index (χ1n) is 2.07. The molecule has 0 atom stereocenters. The van der Waals surface area contributed by atoms with Crippen LogP contribution < -0.4 is 51.4 Å². The average Bonchev–Trinajstić information content (AvgIpc) is 1.85. The van der Waals surface area contributed by atoms with Crippen LogP contribution in [0.3, 0.4) is 0 Å². The molecule has 4 nitrogen and oxygen atoms in total. The molecule has 0 heterocycles. The Kier molecular flexibility index (Phi) is 6.10. The Balaban J connectivity index is 0. The summed E-state index contributed by atoms with van der Waals surface area (Å²) < 4.78 is 85.3. The first-order valence-corrected chi connectivity index (χ1v) is 3.48. The molecule has 0 unspecified atom stereocenters. The Labute approximate surface area is 111 Å². The fourth-order valence-corrected chi connectivity index (χ4v) is 0.513. The van der Waals surface area contributed by atoms with Crippen molar-refractivity contribution in [3.05, 3.63) is 0 Å². The van der Waals surface area contributed by atoms with Crippen LogP contribution in [-0.2, 0) is 15.1 Å². The summed E-state index contributed by atoms with van der Waals surface area (Å²) in [4.78, 5) is 1.37. The van der Waals surface area contributed by atoms with Crippen molar-refractivity contribution in [1.29, 1.82) is 0 Å². The maximum atomic E-state index is 11.7. The maximum Gasteiger partial charge on any atom is 1.00 e. The molecule has 0 aliphatic heterocycles. The van der Waals surface area contributed by atoms with E-state index in [4.69, 9.17) is 0 Å². The van der Waals surface area contributed by atoms with Crippen LogP contribution in [0.5, 0.6) is 0 Å². The van der Waals surface area contributed by atoms with E-state index in [-0.39, 0.29) is 51.4 Å². The Hall–Kier alpha value is 1.16. The second-order valence-electron chi connectivity index (χ2n) is 1.56. The van der Waals surface area contributed by atoms with Crippen LogP contribution in [0.25, 0.3) is 0 Å². The van der Waals surface area contributed by atoms with Crippen LogP contribution >= 0.6 is 0 Å². The third-order valence-electron chi connectivity index (χ3n) is 0.750. The Morgan fingerprint density at radius 1 is 1.15 bits per heavy atom.